The maximum Gasteiger partial charge on any atom is 0.0719 e. The van der Waals surface area contributed by atoms with Crippen molar-refractivity contribution in [1.82, 2.24) is 0 Å². The van der Waals surface area contributed by atoms with E-state index in [0.29, 0.717) is 6.54 Å². The molecule has 0 atom stereocenters. The third-order valence-electron chi connectivity index (χ3n) is 3.27. The number of hydrogen-bond donors (Lipinski definition) is 1. The zero-order valence-corrected chi connectivity index (χ0v) is 9.55. The number of hydrogen-bond acceptors (Lipinski definition) is 2. The van der Waals surface area contributed by atoms with Gasteiger partial charge in [-0.2, -0.15) is 0 Å². The number of ether oxygens (including phenoxy) is 1. The van der Waals surface area contributed by atoms with Crippen LogP contribution >= 0.6 is 0 Å². The summed E-state index contributed by atoms with van der Waals surface area (Å²) in [6.07, 6.45) is 1.03. The lowest BCUT2D eigenvalue weighted by Crippen LogP contribution is -2.28. The van der Waals surface area contributed by atoms with Crippen LogP contribution in [0.5, 0.6) is 0 Å². The lowest BCUT2D eigenvalue weighted by atomic mass is 9.83. The minimum Gasteiger partial charge on any atom is -0.376 e. The molecule has 0 unspecified atom stereocenters. The monoisotopic (exact) mass is 205 g/mol. The highest BCUT2D eigenvalue weighted by atomic mass is 16.5. The molecule has 0 saturated carbocycles. The van der Waals surface area contributed by atoms with Gasteiger partial charge in [0, 0.05) is 12.0 Å². The first-order valence-electron chi connectivity index (χ1n) is 5.53. The van der Waals surface area contributed by atoms with Gasteiger partial charge in [0.15, 0.2) is 0 Å². The van der Waals surface area contributed by atoms with Crippen LogP contribution in [0, 0.1) is 0 Å². The molecule has 0 fully saturated rings. The molecule has 0 aromatic heterocycles. The van der Waals surface area contributed by atoms with Crippen molar-refractivity contribution in [2.24, 2.45) is 5.73 Å². The van der Waals surface area contributed by atoms with Crippen molar-refractivity contribution in [2.75, 3.05) is 13.2 Å². The number of rotatable bonds is 2. The Kier molecular flexibility index (Phi) is 2.81. The van der Waals surface area contributed by atoms with Crippen LogP contribution in [0.25, 0.3) is 0 Å². The molecular weight excluding hydrogens is 186 g/mol. The van der Waals surface area contributed by atoms with Crippen molar-refractivity contribution in [3.63, 3.8) is 0 Å². The number of benzene rings is 1. The summed E-state index contributed by atoms with van der Waals surface area (Å²) in [6, 6.07) is 6.66. The highest BCUT2D eigenvalue weighted by Gasteiger charge is 2.20. The molecule has 2 nitrogen and oxygen atoms in total. The Bertz CT molecular complexity index is 358. The van der Waals surface area contributed by atoms with Gasteiger partial charge in [-0.25, -0.2) is 0 Å². The largest absolute Gasteiger partial charge is 0.376 e. The van der Waals surface area contributed by atoms with Crippen molar-refractivity contribution in [3.05, 3.63) is 34.9 Å². The van der Waals surface area contributed by atoms with E-state index in [2.05, 4.69) is 32.0 Å². The summed E-state index contributed by atoms with van der Waals surface area (Å²) in [5.41, 5.74) is 9.97. The Morgan fingerprint density at radius 2 is 2.13 bits per heavy atom. The van der Waals surface area contributed by atoms with Gasteiger partial charge in [-0.3, -0.25) is 0 Å². The smallest absolute Gasteiger partial charge is 0.0719 e. The first kappa shape index (κ1) is 10.7. The van der Waals surface area contributed by atoms with Crippen molar-refractivity contribution < 1.29 is 4.74 Å². The van der Waals surface area contributed by atoms with Gasteiger partial charge in [-0.1, -0.05) is 32.0 Å². The standard InChI is InChI=1S/C13H19NO/c1-13(2,9-14)12-4-3-11-8-15-6-5-10(11)7-12/h3-4,7H,5-6,8-9,14H2,1-2H3. The van der Waals surface area contributed by atoms with Gasteiger partial charge >= 0.3 is 0 Å². The summed E-state index contributed by atoms with van der Waals surface area (Å²) >= 11 is 0. The average molecular weight is 205 g/mol. The molecule has 1 aromatic rings. The molecule has 0 spiro atoms. The van der Waals surface area contributed by atoms with E-state index in [1.807, 2.05) is 0 Å². The Balaban J connectivity index is 2.36. The van der Waals surface area contributed by atoms with E-state index in [0.717, 1.165) is 19.6 Å². The summed E-state index contributed by atoms with van der Waals surface area (Å²) in [5, 5.41) is 0. The molecule has 1 aromatic carbocycles. The minimum absolute atomic E-state index is 0.0767. The highest BCUT2D eigenvalue weighted by molar-refractivity contribution is 5.36. The predicted molar refractivity (Wildman–Crippen MR) is 61.9 cm³/mol. The second-order valence-electron chi connectivity index (χ2n) is 4.87. The van der Waals surface area contributed by atoms with Crippen LogP contribution in [-0.2, 0) is 23.2 Å². The minimum atomic E-state index is 0.0767. The summed E-state index contributed by atoms with van der Waals surface area (Å²) in [5.74, 6) is 0. The first-order valence-corrected chi connectivity index (χ1v) is 5.53. The molecule has 0 saturated heterocycles. The van der Waals surface area contributed by atoms with Crippen LogP contribution < -0.4 is 5.73 Å². The lowest BCUT2D eigenvalue weighted by molar-refractivity contribution is 0.110. The molecule has 0 aliphatic carbocycles. The van der Waals surface area contributed by atoms with Gasteiger partial charge in [0.2, 0.25) is 0 Å². The predicted octanol–water partition coefficient (Wildman–Crippen LogP) is 2.00. The van der Waals surface area contributed by atoms with Crippen LogP contribution in [0.2, 0.25) is 0 Å². The average Bonchev–Trinajstić information content (AvgIpc) is 2.28. The molecule has 82 valence electrons. The molecular formula is C13H19NO. The highest BCUT2D eigenvalue weighted by Crippen LogP contribution is 2.26. The van der Waals surface area contributed by atoms with Gasteiger partial charge in [-0.05, 0) is 23.1 Å². The van der Waals surface area contributed by atoms with Gasteiger partial charge in [0.1, 0.15) is 0 Å². The number of fused-ring (bicyclic) bond motifs is 1. The van der Waals surface area contributed by atoms with Crippen LogP contribution in [0.1, 0.15) is 30.5 Å². The molecule has 0 amide bonds. The normalized spacial score (nSPS) is 16.2. The van der Waals surface area contributed by atoms with Gasteiger partial charge < -0.3 is 10.5 Å². The summed E-state index contributed by atoms with van der Waals surface area (Å²) in [7, 11) is 0. The van der Waals surface area contributed by atoms with Crippen molar-refractivity contribution >= 4 is 0 Å². The van der Waals surface area contributed by atoms with Gasteiger partial charge in [0.05, 0.1) is 13.2 Å². The van der Waals surface area contributed by atoms with Gasteiger partial charge in [0.25, 0.3) is 0 Å². The van der Waals surface area contributed by atoms with Crippen LogP contribution in [-0.4, -0.2) is 13.2 Å². The molecule has 1 heterocycles. The summed E-state index contributed by atoms with van der Waals surface area (Å²) in [4.78, 5) is 0. The SMILES string of the molecule is CC(C)(CN)c1ccc2c(c1)CCOC2. The van der Waals surface area contributed by atoms with Gasteiger partial charge in [-0.15, -0.1) is 0 Å². The van der Waals surface area contributed by atoms with Crippen molar-refractivity contribution in [3.8, 4) is 0 Å². The van der Waals surface area contributed by atoms with E-state index in [-0.39, 0.29) is 5.41 Å². The molecule has 1 aliphatic rings. The summed E-state index contributed by atoms with van der Waals surface area (Å²) in [6.45, 7) is 6.67. The van der Waals surface area contributed by atoms with Crippen molar-refractivity contribution in [1.29, 1.82) is 0 Å². The first-order chi connectivity index (χ1) is 7.13. The van der Waals surface area contributed by atoms with Crippen LogP contribution in [0.3, 0.4) is 0 Å². The molecule has 0 radical (unpaired) electrons. The fraction of sp³-hybridized carbons (Fsp3) is 0.538. The fourth-order valence-corrected chi connectivity index (χ4v) is 1.90. The zero-order valence-electron chi connectivity index (χ0n) is 9.55. The molecule has 15 heavy (non-hydrogen) atoms. The molecule has 2 heteroatoms. The Hall–Kier alpha value is -0.860. The maximum atomic E-state index is 5.79. The lowest BCUT2D eigenvalue weighted by Gasteiger charge is -2.26. The molecule has 1 aliphatic heterocycles. The van der Waals surface area contributed by atoms with E-state index in [4.69, 9.17) is 10.5 Å². The Morgan fingerprint density at radius 3 is 2.87 bits per heavy atom. The quantitative estimate of drug-likeness (QED) is 0.801. The maximum absolute atomic E-state index is 5.79. The zero-order chi connectivity index (χ0) is 10.9. The summed E-state index contributed by atoms with van der Waals surface area (Å²) < 4.78 is 5.42. The number of nitrogens with two attached hydrogens (primary N) is 1. The third-order valence-corrected chi connectivity index (χ3v) is 3.27. The molecule has 2 rings (SSSR count). The molecule has 0 bridgehead atoms. The molecule has 2 N–H and O–H groups in total. The Morgan fingerprint density at radius 1 is 1.33 bits per heavy atom. The van der Waals surface area contributed by atoms with E-state index in [1.165, 1.54) is 16.7 Å². The topological polar surface area (TPSA) is 35.2 Å². The van der Waals surface area contributed by atoms with Crippen LogP contribution in [0.15, 0.2) is 18.2 Å². The van der Waals surface area contributed by atoms with Crippen molar-refractivity contribution in [2.45, 2.75) is 32.3 Å². The van der Waals surface area contributed by atoms with E-state index in [1.54, 1.807) is 0 Å². The fourth-order valence-electron chi connectivity index (χ4n) is 1.90. The second kappa shape index (κ2) is 3.95. The van der Waals surface area contributed by atoms with E-state index >= 15 is 0 Å². The second-order valence-corrected chi connectivity index (χ2v) is 4.87. The van der Waals surface area contributed by atoms with Crippen LogP contribution in [0.4, 0.5) is 0 Å². The third kappa shape index (κ3) is 2.06. The van der Waals surface area contributed by atoms with E-state index in [9.17, 15) is 0 Å². The van der Waals surface area contributed by atoms with E-state index < -0.39 is 0 Å². The Labute approximate surface area is 91.4 Å².